The SMILES string of the molecule is CS(=O)(=O)N1CCCC(COc2ccc(Br)c(CO)c2)C1. The number of piperidine rings is 1. The van der Waals surface area contributed by atoms with E-state index in [4.69, 9.17) is 4.74 Å². The third-order valence-electron chi connectivity index (χ3n) is 3.62. The first-order chi connectivity index (χ1) is 9.90. The van der Waals surface area contributed by atoms with Crippen LogP contribution in [0.3, 0.4) is 0 Å². The molecule has 2 rings (SSSR count). The van der Waals surface area contributed by atoms with E-state index in [9.17, 15) is 13.5 Å². The van der Waals surface area contributed by atoms with Gasteiger partial charge in [0.25, 0.3) is 0 Å². The van der Waals surface area contributed by atoms with Crippen molar-refractivity contribution < 1.29 is 18.3 Å². The van der Waals surface area contributed by atoms with Gasteiger partial charge >= 0.3 is 0 Å². The van der Waals surface area contributed by atoms with Crippen molar-refractivity contribution in [3.8, 4) is 5.75 Å². The summed E-state index contributed by atoms with van der Waals surface area (Å²) >= 11 is 3.36. The molecule has 0 spiro atoms. The molecular formula is C14H20BrNO4S. The van der Waals surface area contributed by atoms with Crippen LogP contribution in [0, 0.1) is 5.92 Å². The van der Waals surface area contributed by atoms with Gasteiger partial charge in [0.15, 0.2) is 0 Å². The van der Waals surface area contributed by atoms with Crippen molar-refractivity contribution in [3.63, 3.8) is 0 Å². The molecule has 1 aromatic carbocycles. The van der Waals surface area contributed by atoms with Crippen molar-refractivity contribution in [1.29, 1.82) is 0 Å². The second kappa shape index (κ2) is 7.09. The molecule has 1 aliphatic heterocycles. The maximum Gasteiger partial charge on any atom is 0.211 e. The standard InChI is InChI=1S/C14H20BrNO4S/c1-21(18,19)16-6-2-3-11(8-16)10-20-13-4-5-14(15)12(7-13)9-17/h4-5,7,11,17H,2-3,6,8-10H2,1H3. The molecule has 118 valence electrons. The van der Waals surface area contributed by atoms with Gasteiger partial charge in [-0.1, -0.05) is 15.9 Å². The maximum absolute atomic E-state index is 11.6. The summed E-state index contributed by atoms with van der Waals surface area (Å²) in [6.07, 6.45) is 3.08. The van der Waals surface area contributed by atoms with Gasteiger partial charge in [-0.05, 0) is 36.6 Å². The van der Waals surface area contributed by atoms with Gasteiger partial charge in [0, 0.05) is 23.5 Å². The summed E-state index contributed by atoms with van der Waals surface area (Å²) in [6.45, 7) is 1.55. The van der Waals surface area contributed by atoms with Crippen molar-refractivity contribution in [1.82, 2.24) is 4.31 Å². The first kappa shape index (κ1) is 16.7. The van der Waals surface area contributed by atoms with Crippen molar-refractivity contribution in [2.45, 2.75) is 19.4 Å². The van der Waals surface area contributed by atoms with E-state index in [1.807, 2.05) is 12.1 Å². The lowest BCUT2D eigenvalue weighted by Gasteiger charge is -2.30. The van der Waals surface area contributed by atoms with Gasteiger partial charge in [0.2, 0.25) is 10.0 Å². The predicted molar refractivity (Wildman–Crippen MR) is 84.7 cm³/mol. The highest BCUT2D eigenvalue weighted by atomic mass is 79.9. The molecule has 1 atom stereocenters. The molecule has 0 aromatic heterocycles. The number of nitrogens with zero attached hydrogens (tertiary/aromatic N) is 1. The zero-order chi connectivity index (χ0) is 15.5. The van der Waals surface area contributed by atoms with Crippen LogP contribution in [0.2, 0.25) is 0 Å². The maximum atomic E-state index is 11.6. The van der Waals surface area contributed by atoms with Gasteiger partial charge in [0.05, 0.1) is 19.5 Å². The largest absolute Gasteiger partial charge is 0.493 e. The zero-order valence-corrected chi connectivity index (χ0v) is 14.4. The average molecular weight is 378 g/mol. The lowest BCUT2D eigenvalue weighted by atomic mass is 10.0. The smallest absolute Gasteiger partial charge is 0.211 e. The van der Waals surface area contributed by atoms with Crippen LogP contribution in [0.1, 0.15) is 18.4 Å². The van der Waals surface area contributed by atoms with Gasteiger partial charge in [-0.2, -0.15) is 0 Å². The van der Waals surface area contributed by atoms with Gasteiger partial charge in [0.1, 0.15) is 5.75 Å². The Bertz CT molecular complexity index is 591. The number of rotatable bonds is 5. The number of ether oxygens (including phenoxy) is 1. The van der Waals surface area contributed by atoms with Crippen molar-refractivity contribution in [2.75, 3.05) is 26.0 Å². The van der Waals surface area contributed by atoms with E-state index in [1.54, 1.807) is 6.07 Å². The Labute approximate surface area is 134 Å². The van der Waals surface area contributed by atoms with E-state index in [2.05, 4.69) is 15.9 Å². The summed E-state index contributed by atoms with van der Waals surface area (Å²) in [7, 11) is -3.12. The second-order valence-corrected chi connectivity index (χ2v) is 8.19. The van der Waals surface area contributed by atoms with Gasteiger partial charge in [-0.25, -0.2) is 12.7 Å². The van der Waals surface area contributed by atoms with Crippen molar-refractivity contribution in [2.24, 2.45) is 5.92 Å². The van der Waals surface area contributed by atoms with E-state index >= 15 is 0 Å². The second-order valence-electron chi connectivity index (χ2n) is 5.35. The van der Waals surface area contributed by atoms with E-state index in [1.165, 1.54) is 10.6 Å². The van der Waals surface area contributed by atoms with Crippen LogP contribution in [0.15, 0.2) is 22.7 Å². The highest BCUT2D eigenvalue weighted by Gasteiger charge is 2.26. The van der Waals surface area contributed by atoms with Gasteiger partial charge in [-0.3, -0.25) is 0 Å². The molecule has 7 heteroatoms. The number of aliphatic hydroxyl groups is 1. The minimum absolute atomic E-state index is 0.0525. The van der Waals surface area contributed by atoms with Crippen molar-refractivity contribution >= 4 is 26.0 Å². The van der Waals surface area contributed by atoms with Crippen LogP contribution in [0.4, 0.5) is 0 Å². The first-order valence-electron chi connectivity index (χ1n) is 6.87. The van der Waals surface area contributed by atoms with Crippen LogP contribution in [-0.2, 0) is 16.6 Å². The molecular weight excluding hydrogens is 358 g/mol. The summed E-state index contributed by atoms with van der Waals surface area (Å²) in [5.74, 6) is 0.897. The van der Waals surface area contributed by atoms with Crippen LogP contribution >= 0.6 is 15.9 Å². The monoisotopic (exact) mass is 377 g/mol. The first-order valence-corrected chi connectivity index (χ1v) is 9.51. The number of aliphatic hydroxyl groups excluding tert-OH is 1. The van der Waals surface area contributed by atoms with Crippen LogP contribution < -0.4 is 4.74 Å². The van der Waals surface area contributed by atoms with E-state index in [0.717, 1.165) is 22.9 Å². The van der Waals surface area contributed by atoms with Gasteiger partial charge in [-0.15, -0.1) is 0 Å². The van der Waals surface area contributed by atoms with E-state index in [-0.39, 0.29) is 12.5 Å². The lowest BCUT2D eigenvalue weighted by molar-refractivity contribution is 0.180. The average Bonchev–Trinajstić information content (AvgIpc) is 2.46. The van der Waals surface area contributed by atoms with Crippen LogP contribution in [-0.4, -0.2) is 43.8 Å². The molecule has 1 aromatic rings. The molecule has 0 aliphatic carbocycles. The summed E-state index contributed by atoms with van der Waals surface area (Å²) in [6, 6.07) is 5.46. The number of sulfonamides is 1. The predicted octanol–water partition coefficient (Wildman–Crippen LogP) is 1.99. The molecule has 1 fully saturated rings. The fraction of sp³-hybridized carbons (Fsp3) is 0.571. The minimum atomic E-state index is -3.12. The molecule has 1 heterocycles. The highest BCUT2D eigenvalue weighted by Crippen LogP contribution is 2.24. The number of hydrogen-bond acceptors (Lipinski definition) is 4. The Morgan fingerprint density at radius 2 is 2.24 bits per heavy atom. The molecule has 0 amide bonds. The molecule has 1 aliphatic rings. The van der Waals surface area contributed by atoms with Crippen LogP contribution in [0.25, 0.3) is 0 Å². The molecule has 1 N–H and O–H groups in total. The van der Waals surface area contributed by atoms with Gasteiger partial charge < -0.3 is 9.84 Å². The number of halogens is 1. The number of benzene rings is 1. The van der Waals surface area contributed by atoms with E-state index < -0.39 is 10.0 Å². The molecule has 5 nitrogen and oxygen atoms in total. The molecule has 21 heavy (non-hydrogen) atoms. The Morgan fingerprint density at radius 3 is 2.90 bits per heavy atom. The Balaban J connectivity index is 1.94. The Morgan fingerprint density at radius 1 is 1.48 bits per heavy atom. The highest BCUT2D eigenvalue weighted by molar-refractivity contribution is 9.10. The Hall–Kier alpha value is -0.630. The zero-order valence-electron chi connectivity index (χ0n) is 12.0. The van der Waals surface area contributed by atoms with Crippen molar-refractivity contribution in [3.05, 3.63) is 28.2 Å². The topological polar surface area (TPSA) is 66.8 Å². The molecule has 1 unspecified atom stereocenters. The minimum Gasteiger partial charge on any atom is -0.493 e. The normalized spacial score (nSPS) is 20.4. The summed E-state index contributed by atoms with van der Waals surface area (Å²) in [4.78, 5) is 0. The Kier molecular flexibility index (Phi) is 5.65. The fourth-order valence-corrected chi connectivity index (χ4v) is 3.75. The third kappa shape index (κ3) is 4.67. The summed E-state index contributed by atoms with van der Waals surface area (Å²) in [5, 5.41) is 9.23. The number of hydrogen-bond donors (Lipinski definition) is 1. The lowest BCUT2D eigenvalue weighted by Crippen LogP contribution is -2.40. The summed E-state index contributed by atoms with van der Waals surface area (Å²) < 4.78 is 31.3. The van der Waals surface area contributed by atoms with Crippen LogP contribution in [0.5, 0.6) is 5.75 Å². The quantitative estimate of drug-likeness (QED) is 0.851. The molecule has 0 radical (unpaired) electrons. The fourth-order valence-electron chi connectivity index (χ4n) is 2.44. The molecule has 0 bridgehead atoms. The molecule has 0 saturated carbocycles. The molecule has 1 saturated heterocycles. The summed E-state index contributed by atoms with van der Waals surface area (Å²) in [5.41, 5.74) is 0.772. The third-order valence-corrected chi connectivity index (χ3v) is 5.67. The van der Waals surface area contributed by atoms with E-state index in [0.29, 0.717) is 25.4 Å².